The first-order valence-electron chi connectivity index (χ1n) is 6.99. The first-order valence-corrected chi connectivity index (χ1v) is 10.0. The van der Waals surface area contributed by atoms with E-state index in [-0.39, 0.29) is 23.1 Å². The second-order valence-electron chi connectivity index (χ2n) is 5.46. The Bertz CT molecular complexity index is 861. The van der Waals surface area contributed by atoms with E-state index in [1.807, 2.05) is 0 Å². The van der Waals surface area contributed by atoms with Crippen LogP contribution in [-0.2, 0) is 14.6 Å². The van der Waals surface area contributed by atoms with Gasteiger partial charge in [-0.2, -0.15) is 0 Å². The van der Waals surface area contributed by atoms with Crippen LogP contribution < -0.4 is 0 Å². The number of amides is 1. The van der Waals surface area contributed by atoms with Crippen LogP contribution in [0.4, 0.5) is 5.69 Å². The molecule has 0 radical (unpaired) electrons. The van der Waals surface area contributed by atoms with Crippen molar-refractivity contribution in [2.45, 2.75) is 12.5 Å². The van der Waals surface area contributed by atoms with Crippen LogP contribution in [0.15, 0.2) is 29.2 Å². The zero-order chi connectivity index (χ0) is 17.5. The standard InChI is InChI=1S/C14H12N2O5S3/c17-13-12(7-9-1-3-10(4-2-9)16(18)19)23-14(22)15(13)11-5-6-24(20,21)8-11/h1-4,7,11H,5-6,8H2/b12-7-/t11-/m0/s1. The monoisotopic (exact) mass is 384 g/mol. The molecule has 0 aliphatic carbocycles. The highest BCUT2D eigenvalue weighted by molar-refractivity contribution is 8.26. The Morgan fingerprint density at radius 3 is 2.54 bits per heavy atom. The third kappa shape index (κ3) is 3.35. The van der Waals surface area contributed by atoms with Crippen LogP contribution >= 0.6 is 24.0 Å². The van der Waals surface area contributed by atoms with Gasteiger partial charge in [-0.3, -0.25) is 19.8 Å². The molecule has 2 aliphatic rings. The van der Waals surface area contributed by atoms with Crippen LogP contribution in [-0.4, -0.2) is 46.0 Å². The summed E-state index contributed by atoms with van der Waals surface area (Å²) in [6.07, 6.45) is 1.99. The Balaban J connectivity index is 1.82. The smallest absolute Gasteiger partial charge is 0.269 e. The summed E-state index contributed by atoms with van der Waals surface area (Å²) in [6.45, 7) is 0. The van der Waals surface area contributed by atoms with Crippen LogP contribution in [0.1, 0.15) is 12.0 Å². The fourth-order valence-electron chi connectivity index (χ4n) is 2.62. The molecule has 3 rings (SSSR count). The Morgan fingerprint density at radius 2 is 2.00 bits per heavy atom. The lowest BCUT2D eigenvalue weighted by Gasteiger charge is -2.20. The Kier molecular flexibility index (Phi) is 4.45. The first-order chi connectivity index (χ1) is 11.3. The number of hydrogen-bond donors (Lipinski definition) is 0. The molecule has 7 nitrogen and oxygen atoms in total. The van der Waals surface area contributed by atoms with Gasteiger partial charge in [0.15, 0.2) is 9.84 Å². The summed E-state index contributed by atoms with van der Waals surface area (Å²) >= 11 is 6.33. The molecule has 2 heterocycles. The molecule has 1 amide bonds. The number of nitrogens with zero attached hydrogens (tertiary/aromatic N) is 2. The van der Waals surface area contributed by atoms with Gasteiger partial charge in [0.25, 0.3) is 11.6 Å². The van der Waals surface area contributed by atoms with Crippen LogP contribution in [0.25, 0.3) is 6.08 Å². The maximum absolute atomic E-state index is 12.5. The highest BCUT2D eigenvalue weighted by atomic mass is 32.2. The van der Waals surface area contributed by atoms with Crippen LogP contribution in [0.5, 0.6) is 0 Å². The predicted octanol–water partition coefficient (Wildman–Crippen LogP) is 1.98. The molecule has 2 saturated heterocycles. The van der Waals surface area contributed by atoms with E-state index in [0.29, 0.717) is 21.2 Å². The van der Waals surface area contributed by atoms with Gasteiger partial charge in [0.2, 0.25) is 0 Å². The number of carbonyl (C=O) groups is 1. The summed E-state index contributed by atoms with van der Waals surface area (Å²) in [5.41, 5.74) is 0.607. The molecule has 24 heavy (non-hydrogen) atoms. The van der Waals surface area contributed by atoms with E-state index < -0.39 is 20.8 Å². The lowest BCUT2D eigenvalue weighted by Crippen LogP contribution is -2.39. The number of carbonyl (C=O) groups excluding carboxylic acids is 1. The molecule has 0 unspecified atom stereocenters. The van der Waals surface area contributed by atoms with E-state index >= 15 is 0 Å². The number of thiocarbonyl (C=S) groups is 1. The topological polar surface area (TPSA) is 97.6 Å². The Morgan fingerprint density at radius 1 is 1.33 bits per heavy atom. The first kappa shape index (κ1) is 17.1. The average Bonchev–Trinajstić information content (AvgIpc) is 2.99. The Labute approximate surface area is 147 Å². The van der Waals surface area contributed by atoms with Gasteiger partial charge in [0.1, 0.15) is 4.32 Å². The number of non-ortho nitro benzene ring substituents is 1. The molecule has 0 N–H and O–H groups in total. The average molecular weight is 384 g/mol. The molecular weight excluding hydrogens is 372 g/mol. The third-order valence-electron chi connectivity index (χ3n) is 3.80. The number of nitro groups is 1. The molecule has 1 aromatic carbocycles. The van der Waals surface area contributed by atoms with E-state index in [1.165, 1.54) is 17.0 Å². The van der Waals surface area contributed by atoms with Crippen molar-refractivity contribution in [3.8, 4) is 0 Å². The van der Waals surface area contributed by atoms with Crippen LogP contribution in [0.2, 0.25) is 0 Å². The number of sulfone groups is 1. The molecule has 2 fully saturated rings. The molecule has 10 heteroatoms. The molecule has 0 saturated carbocycles. The van der Waals surface area contributed by atoms with E-state index in [0.717, 1.165) is 11.8 Å². The lowest BCUT2D eigenvalue weighted by atomic mass is 10.2. The van der Waals surface area contributed by atoms with E-state index in [4.69, 9.17) is 12.2 Å². The van der Waals surface area contributed by atoms with E-state index in [2.05, 4.69) is 0 Å². The van der Waals surface area contributed by atoms with E-state index in [9.17, 15) is 23.3 Å². The van der Waals surface area contributed by atoms with Gasteiger partial charge < -0.3 is 0 Å². The minimum Gasteiger partial charge on any atom is -0.289 e. The van der Waals surface area contributed by atoms with Gasteiger partial charge in [-0.05, 0) is 30.2 Å². The van der Waals surface area contributed by atoms with Crippen molar-refractivity contribution in [2.24, 2.45) is 0 Å². The number of nitro benzene ring substituents is 1. The largest absolute Gasteiger partial charge is 0.289 e. The van der Waals surface area contributed by atoms with Gasteiger partial charge in [-0.1, -0.05) is 24.0 Å². The van der Waals surface area contributed by atoms with Crippen LogP contribution in [0.3, 0.4) is 0 Å². The van der Waals surface area contributed by atoms with Crippen LogP contribution in [0, 0.1) is 10.1 Å². The quantitative estimate of drug-likeness (QED) is 0.340. The highest BCUT2D eigenvalue weighted by Gasteiger charge is 2.42. The molecule has 126 valence electrons. The van der Waals surface area contributed by atoms with Gasteiger partial charge in [-0.15, -0.1) is 0 Å². The minimum absolute atomic E-state index is 0.0316. The second kappa shape index (κ2) is 6.26. The summed E-state index contributed by atoms with van der Waals surface area (Å²) in [7, 11) is -3.12. The minimum atomic E-state index is -3.12. The number of rotatable bonds is 3. The summed E-state index contributed by atoms with van der Waals surface area (Å²) in [6, 6.07) is 5.40. The van der Waals surface area contributed by atoms with Crippen molar-refractivity contribution in [1.29, 1.82) is 0 Å². The van der Waals surface area contributed by atoms with Gasteiger partial charge in [0, 0.05) is 12.1 Å². The summed E-state index contributed by atoms with van der Waals surface area (Å²) in [5.74, 6) is -0.314. The molecule has 0 bridgehead atoms. The van der Waals surface area contributed by atoms with Crippen molar-refractivity contribution < 1.29 is 18.1 Å². The maximum atomic E-state index is 12.5. The number of thioether (sulfide) groups is 1. The highest BCUT2D eigenvalue weighted by Crippen LogP contribution is 2.36. The van der Waals surface area contributed by atoms with Crippen molar-refractivity contribution in [3.05, 3.63) is 44.8 Å². The summed E-state index contributed by atoms with van der Waals surface area (Å²) < 4.78 is 23.6. The molecular formula is C14H12N2O5S3. The van der Waals surface area contributed by atoms with Crippen molar-refractivity contribution in [2.75, 3.05) is 11.5 Å². The SMILES string of the molecule is O=C1/C(=C/c2ccc([N+](=O)[O-])cc2)SC(=S)N1[C@H]1CCS(=O)(=O)C1. The van der Waals surface area contributed by atoms with Crippen molar-refractivity contribution in [3.63, 3.8) is 0 Å². The summed E-state index contributed by atoms with van der Waals surface area (Å²) in [4.78, 5) is 24.5. The summed E-state index contributed by atoms with van der Waals surface area (Å²) in [5, 5.41) is 10.7. The van der Waals surface area contributed by atoms with Crippen molar-refractivity contribution >= 4 is 55.8 Å². The molecule has 1 atom stereocenters. The van der Waals surface area contributed by atoms with Crippen molar-refractivity contribution in [1.82, 2.24) is 4.90 Å². The number of hydrogen-bond acceptors (Lipinski definition) is 7. The van der Waals surface area contributed by atoms with Gasteiger partial charge in [-0.25, -0.2) is 8.42 Å². The van der Waals surface area contributed by atoms with Gasteiger partial charge >= 0.3 is 0 Å². The molecule has 0 spiro atoms. The molecule has 2 aliphatic heterocycles. The van der Waals surface area contributed by atoms with E-state index in [1.54, 1.807) is 18.2 Å². The molecule has 0 aromatic heterocycles. The fourth-order valence-corrected chi connectivity index (χ4v) is 5.72. The maximum Gasteiger partial charge on any atom is 0.269 e. The zero-order valence-electron chi connectivity index (χ0n) is 12.2. The fraction of sp³-hybridized carbons (Fsp3) is 0.286. The van der Waals surface area contributed by atoms with Gasteiger partial charge in [0.05, 0.1) is 27.4 Å². The number of benzene rings is 1. The second-order valence-corrected chi connectivity index (χ2v) is 9.36. The normalized spacial score (nSPS) is 24.8. The third-order valence-corrected chi connectivity index (χ3v) is 6.88. The predicted molar refractivity (Wildman–Crippen MR) is 95.2 cm³/mol. The zero-order valence-corrected chi connectivity index (χ0v) is 14.7. The lowest BCUT2D eigenvalue weighted by molar-refractivity contribution is -0.384. The molecule has 1 aromatic rings. The Hall–Kier alpha value is -1.78.